The number of nitrogens with one attached hydrogen (secondary N) is 1. The normalized spacial score (nSPS) is 23.4. The molecule has 0 radical (unpaired) electrons. The van der Waals surface area contributed by atoms with E-state index in [0.717, 1.165) is 38.5 Å². The third-order valence-corrected chi connectivity index (χ3v) is 7.29. The lowest BCUT2D eigenvalue weighted by Gasteiger charge is -2.24. The van der Waals surface area contributed by atoms with Gasteiger partial charge in [0, 0.05) is 31.5 Å². The summed E-state index contributed by atoms with van der Waals surface area (Å²) in [5.74, 6) is 1.40. The van der Waals surface area contributed by atoms with E-state index in [0.29, 0.717) is 30.8 Å². The molecule has 1 atom stereocenters. The highest BCUT2D eigenvalue weighted by molar-refractivity contribution is 7.89. The SMILES string of the molecule is O=C1CC(CNS(=O)(=O)c2ccc(-c3nnc(C4CC4)o3)o2)CN1C1CCCC1. The van der Waals surface area contributed by atoms with Gasteiger partial charge in [-0.05, 0) is 43.7 Å². The Morgan fingerprint density at radius 1 is 1.10 bits per heavy atom. The van der Waals surface area contributed by atoms with Gasteiger partial charge in [-0.1, -0.05) is 12.8 Å². The van der Waals surface area contributed by atoms with E-state index in [-0.39, 0.29) is 35.1 Å². The van der Waals surface area contributed by atoms with Crippen LogP contribution in [0.1, 0.15) is 56.8 Å². The fourth-order valence-corrected chi connectivity index (χ4v) is 5.27. The molecule has 3 aliphatic rings. The molecular formula is C19H24N4O5S. The van der Waals surface area contributed by atoms with Crippen LogP contribution in [0.15, 0.2) is 26.1 Å². The van der Waals surface area contributed by atoms with Gasteiger partial charge in [0.25, 0.3) is 15.9 Å². The second-order valence-electron chi connectivity index (χ2n) is 8.24. The van der Waals surface area contributed by atoms with Crippen LogP contribution in [-0.2, 0) is 14.8 Å². The lowest BCUT2D eigenvalue weighted by Crippen LogP contribution is -2.36. The van der Waals surface area contributed by atoms with Crippen molar-refractivity contribution in [3.05, 3.63) is 18.0 Å². The zero-order valence-electron chi connectivity index (χ0n) is 16.0. The van der Waals surface area contributed by atoms with E-state index in [1.54, 1.807) is 0 Å². The number of hydrogen-bond donors (Lipinski definition) is 1. The molecule has 2 aromatic rings. The van der Waals surface area contributed by atoms with Crippen LogP contribution in [0.2, 0.25) is 0 Å². The Hall–Kier alpha value is -2.20. The fourth-order valence-electron chi connectivity index (χ4n) is 4.22. The van der Waals surface area contributed by atoms with Gasteiger partial charge < -0.3 is 13.7 Å². The molecule has 2 aromatic heterocycles. The highest BCUT2D eigenvalue weighted by Gasteiger charge is 2.36. The Balaban J connectivity index is 1.21. The molecule has 1 aliphatic heterocycles. The molecule has 156 valence electrons. The molecule has 3 heterocycles. The third kappa shape index (κ3) is 3.83. The Kier molecular flexibility index (Phi) is 4.70. The molecule has 29 heavy (non-hydrogen) atoms. The number of amides is 1. The van der Waals surface area contributed by atoms with Crippen molar-refractivity contribution in [1.82, 2.24) is 19.8 Å². The number of nitrogens with zero attached hydrogens (tertiary/aromatic N) is 3. The molecular weight excluding hydrogens is 396 g/mol. The van der Waals surface area contributed by atoms with Crippen LogP contribution in [0.3, 0.4) is 0 Å². The molecule has 1 amide bonds. The molecule has 10 heteroatoms. The maximum absolute atomic E-state index is 12.6. The number of carbonyl (C=O) groups is 1. The van der Waals surface area contributed by atoms with Crippen molar-refractivity contribution in [2.24, 2.45) is 5.92 Å². The van der Waals surface area contributed by atoms with Crippen molar-refractivity contribution in [3.8, 4) is 11.7 Å². The molecule has 1 unspecified atom stereocenters. The van der Waals surface area contributed by atoms with Crippen molar-refractivity contribution >= 4 is 15.9 Å². The Bertz CT molecular complexity index is 1000. The number of aromatic nitrogens is 2. The second-order valence-corrected chi connectivity index (χ2v) is 9.94. The topological polar surface area (TPSA) is 119 Å². The number of hydrogen-bond acceptors (Lipinski definition) is 7. The third-order valence-electron chi connectivity index (χ3n) is 5.99. The van der Waals surface area contributed by atoms with Gasteiger partial charge >= 0.3 is 0 Å². The first-order chi connectivity index (χ1) is 14.0. The predicted molar refractivity (Wildman–Crippen MR) is 101 cm³/mol. The van der Waals surface area contributed by atoms with E-state index >= 15 is 0 Å². The summed E-state index contributed by atoms with van der Waals surface area (Å²) in [6, 6.07) is 3.22. The fraction of sp³-hybridized carbons (Fsp3) is 0.632. The molecule has 2 saturated carbocycles. The summed E-state index contributed by atoms with van der Waals surface area (Å²) in [5.41, 5.74) is 0. The predicted octanol–water partition coefficient (Wildman–Crippen LogP) is 2.28. The van der Waals surface area contributed by atoms with Crippen LogP contribution in [0.5, 0.6) is 0 Å². The summed E-state index contributed by atoms with van der Waals surface area (Å²) in [6.07, 6.45) is 6.88. The summed E-state index contributed by atoms with van der Waals surface area (Å²) in [6.45, 7) is 0.821. The van der Waals surface area contributed by atoms with Crippen LogP contribution < -0.4 is 4.72 Å². The summed E-state index contributed by atoms with van der Waals surface area (Å²) in [5, 5.41) is 7.72. The van der Waals surface area contributed by atoms with Gasteiger partial charge in [0.1, 0.15) is 0 Å². The highest BCUT2D eigenvalue weighted by atomic mass is 32.2. The maximum atomic E-state index is 12.6. The summed E-state index contributed by atoms with van der Waals surface area (Å²) in [4.78, 5) is 14.2. The molecule has 1 N–H and O–H groups in total. The molecule has 0 aromatic carbocycles. The van der Waals surface area contributed by atoms with E-state index in [1.165, 1.54) is 12.1 Å². The number of sulfonamides is 1. The number of furan rings is 1. The quantitative estimate of drug-likeness (QED) is 0.730. The van der Waals surface area contributed by atoms with Gasteiger partial charge in [-0.2, -0.15) is 0 Å². The molecule has 5 rings (SSSR count). The van der Waals surface area contributed by atoms with Gasteiger partial charge in [-0.25, -0.2) is 13.1 Å². The van der Waals surface area contributed by atoms with Crippen molar-refractivity contribution in [3.63, 3.8) is 0 Å². The van der Waals surface area contributed by atoms with Crippen LogP contribution in [0.25, 0.3) is 11.7 Å². The van der Waals surface area contributed by atoms with Gasteiger partial charge in [0.05, 0.1) is 0 Å². The summed E-state index contributed by atoms with van der Waals surface area (Å²) >= 11 is 0. The average molecular weight is 420 g/mol. The minimum Gasteiger partial charge on any atom is -0.438 e. The van der Waals surface area contributed by atoms with E-state index in [1.807, 2.05) is 4.90 Å². The molecule has 1 saturated heterocycles. The second kappa shape index (κ2) is 7.24. The van der Waals surface area contributed by atoms with E-state index in [9.17, 15) is 13.2 Å². The van der Waals surface area contributed by atoms with Gasteiger partial charge in [-0.3, -0.25) is 4.79 Å². The lowest BCUT2D eigenvalue weighted by atomic mass is 10.1. The maximum Gasteiger partial charge on any atom is 0.283 e. The average Bonchev–Trinajstić information content (AvgIpc) is 3.17. The summed E-state index contributed by atoms with van der Waals surface area (Å²) < 4.78 is 38.8. The van der Waals surface area contributed by atoms with Crippen LogP contribution >= 0.6 is 0 Å². The van der Waals surface area contributed by atoms with Crippen LogP contribution in [0, 0.1) is 5.92 Å². The van der Waals surface area contributed by atoms with Crippen molar-refractivity contribution in [2.75, 3.05) is 13.1 Å². The Morgan fingerprint density at radius 3 is 2.66 bits per heavy atom. The molecule has 9 nitrogen and oxygen atoms in total. The first-order valence-electron chi connectivity index (χ1n) is 10.2. The van der Waals surface area contributed by atoms with E-state index < -0.39 is 10.0 Å². The Morgan fingerprint density at radius 2 is 1.90 bits per heavy atom. The molecule has 3 fully saturated rings. The van der Waals surface area contributed by atoms with E-state index in [2.05, 4.69) is 14.9 Å². The van der Waals surface area contributed by atoms with Gasteiger partial charge in [-0.15, -0.1) is 10.2 Å². The smallest absolute Gasteiger partial charge is 0.283 e. The summed E-state index contributed by atoms with van der Waals surface area (Å²) in [7, 11) is -3.82. The van der Waals surface area contributed by atoms with Gasteiger partial charge in [0.2, 0.25) is 16.9 Å². The minimum absolute atomic E-state index is 0.0238. The zero-order valence-corrected chi connectivity index (χ0v) is 16.9. The van der Waals surface area contributed by atoms with Gasteiger partial charge in [0.15, 0.2) is 5.76 Å². The highest BCUT2D eigenvalue weighted by Crippen LogP contribution is 2.40. The number of carbonyl (C=O) groups excluding carboxylic acids is 1. The number of likely N-dealkylation sites (tertiary alicyclic amines) is 1. The van der Waals surface area contributed by atoms with Crippen LogP contribution in [0.4, 0.5) is 0 Å². The zero-order chi connectivity index (χ0) is 20.0. The molecule has 2 aliphatic carbocycles. The van der Waals surface area contributed by atoms with Crippen molar-refractivity contribution in [1.29, 1.82) is 0 Å². The van der Waals surface area contributed by atoms with Crippen molar-refractivity contribution in [2.45, 2.75) is 62.0 Å². The Labute approximate surface area is 168 Å². The van der Waals surface area contributed by atoms with Crippen molar-refractivity contribution < 1.29 is 22.0 Å². The molecule has 0 bridgehead atoms. The largest absolute Gasteiger partial charge is 0.438 e. The number of rotatable bonds is 7. The lowest BCUT2D eigenvalue weighted by molar-refractivity contribution is -0.129. The first-order valence-corrected chi connectivity index (χ1v) is 11.7. The standard InChI is InChI=1S/C19H24N4O5S/c24-16-9-12(11-23(16)14-3-1-2-4-14)10-20-29(25,26)17-8-7-15(27-17)19-22-21-18(28-19)13-5-6-13/h7-8,12-14,20H,1-6,9-11H2. The molecule has 0 spiro atoms. The first kappa shape index (κ1) is 18.8. The van der Waals surface area contributed by atoms with Crippen LogP contribution in [-0.4, -0.2) is 48.6 Å². The monoisotopic (exact) mass is 420 g/mol. The van der Waals surface area contributed by atoms with E-state index in [4.69, 9.17) is 8.83 Å². The minimum atomic E-state index is -3.82.